The maximum absolute atomic E-state index is 12.4. The van der Waals surface area contributed by atoms with Gasteiger partial charge >= 0.3 is 0 Å². The van der Waals surface area contributed by atoms with Crippen LogP contribution in [0.1, 0.15) is 51.2 Å². The first-order valence-corrected chi connectivity index (χ1v) is 8.82. The number of hydrogen-bond acceptors (Lipinski definition) is 4. The quantitative estimate of drug-likeness (QED) is 0.947. The molecule has 0 saturated heterocycles. The summed E-state index contributed by atoms with van der Waals surface area (Å²) in [5, 5.41) is 0. The monoisotopic (exact) mass is 315 g/mol. The van der Waals surface area contributed by atoms with Crippen molar-refractivity contribution in [1.29, 1.82) is 0 Å². The van der Waals surface area contributed by atoms with Crippen LogP contribution in [0.2, 0.25) is 0 Å². The van der Waals surface area contributed by atoms with E-state index in [1.54, 1.807) is 0 Å². The summed E-state index contributed by atoms with van der Waals surface area (Å²) in [6.07, 6.45) is 3.23. The van der Waals surface area contributed by atoms with Gasteiger partial charge in [0.2, 0.25) is 0 Å². The molecular weight excluding hydrogens is 294 g/mol. The van der Waals surface area contributed by atoms with Crippen LogP contribution in [0.4, 0.5) is 0 Å². The van der Waals surface area contributed by atoms with Crippen molar-refractivity contribution < 1.29 is 0 Å². The lowest BCUT2D eigenvalue weighted by Crippen LogP contribution is -2.35. The second kappa shape index (κ2) is 5.32. The highest BCUT2D eigenvalue weighted by Gasteiger charge is 2.29. The molecule has 116 valence electrons. The molecule has 1 fully saturated rings. The van der Waals surface area contributed by atoms with Gasteiger partial charge in [-0.15, -0.1) is 11.3 Å². The fourth-order valence-corrected chi connectivity index (χ4v) is 4.23. The SMILES string of the molecule is Cc1cc(CN2CCc3nc(C4CC4)[nH]c(=O)c3C2)sc1C. The first-order valence-electron chi connectivity index (χ1n) is 8.00. The van der Waals surface area contributed by atoms with Gasteiger partial charge in [-0.1, -0.05) is 0 Å². The van der Waals surface area contributed by atoms with E-state index in [1.807, 2.05) is 11.3 Å². The summed E-state index contributed by atoms with van der Waals surface area (Å²) in [5.41, 5.74) is 3.35. The highest BCUT2D eigenvalue weighted by Crippen LogP contribution is 2.37. The molecule has 0 atom stereocenters. The third kappa shape index (κ3) is 2.63. The molecule has 4 nitrogen and oxygen atoms in total. The zero-order valence-corrected chi connectivity index (χ0v) is 13.9. The van der Waals surface area contributed by atoms with E-state index >= 15 is 0 Å². The molecule has 22 heavy (non-hydrogen) atoms. The zero-order chi connectivity index (χ0) is 15.3. The average Bonchev–Trinajstić information content (AvgIpc) is 3.27. The minimum absolute atomic E-state index is 0.0788. The fourth-order valence-electron chi connectivity index (χ4n) is 3.13. The Morgan fingerprint density at radius 1 is 1.41 bits per heavy atom. The number of aryl methyl sites for hydroxylation is 2. The van der Waals surface area contributed by atoms with Gasteiger partial charge in [0.05, 0.1) is 11.3 Å². The van der Waals surface area contributed by atoms with Gasteiger partial charge in [0.1, 0.15) is 5.82 Å². The number of rotatable bonds is 3. The Bertz CT molecular complexity index is 753. The Hall–Kier alpha value is -1.46. The Labute approximate surface area is 134 Å². The van der Waals surface area contributed by atoms with E-state index < -0.39 is 0 Å². The van der Waals surface area contributed by atoms with Crippen LogP contribution < -0.4 is 5.56 Å². The zero-order valence-electron chi connectivity index (χ0n) is 13.1. The van der Waals surface area contributed by atoms with Crippen molar-refractivity contribution >= 4 is 11.3 Å². The molecule has 0 spiro atoms. The van der Waals surface area contributed by atoms with Gasteiger partial charge in [0, 0.05) is 41.7 Å². The van der Waals surface area contributed by atoms with Crippen molar-refractivity contribution in [2.75, 3.05) is 6.54 Å². The smallest absolute Gasteiger partial charge is 0.255 e. The number of aromatic nitrogens is 2. The van der Waals surface area contributed by atoms with Crippen molar-refractivity contribution in [2.45, 2.75) is 52.1 Å². The third-order valence-corrected chi connectivity index (χ3v) is 5.86. The van der Waals surface area contributed by atoms with Crippen LogP contribution in [0.5, 0.6) is 0 Å². The van der Waals surface area contributed by atoms with E-state index in [9.17, 15) is 4.79 Å². The van der Waals surface area contributed by atoms with Gasteiger partial charge < -0.3 is 4.98 Å². The van der Waals surface area contributed by atoms with Crippen molar-refractivity contribution in [3.8, 4) is 0 Å². The van der Waals surface area contributed by atoms with Gasteiger partial charge in [-0.25, -0.2) is 4.98 Å². The number of thiophene rings is 1. The van der Waals surface area contributed by atoms with E-state index in [-0.39, 0.29) is 5.56 Å². The van der Waals surface area contributed by atoms with E-state index in [0.717, 1.165) is 43.1 Å². The minimum Gasteiger partial charge on any atom is -0.310 e. The Morgan fingerprint density at radius 2 is 2.23 bits per heavy atom. The highest BCUT2D eigenvalue weighted by atomic mass is 32.1. The number of aromatic amines is 1. The summed E-state index contributed by atoms with van der Waals surface area (Å²) in [7, 11) is 0. The Balaban J connectivity index is 1.55. The maximum atomic E-state index is 12.4. The van der Waals surface area contributed by atoms with Crippen LogP contribution in [0.3, 0.4) is 0 Å². The van der Waals surface area contributed by atoms with Crippen molar-refractivity contribution in [2.24, 2.45) is 0 Å². The van der Waals surface area contributed by atoms with Crippen molar-refractivity contribution in [3.63, 3.8) is 0 Å². The van der Waals surface area contributed by atoms with Crippen LogP contribution in [-0.2, 0) is 19.5 Å². The number of H-pyrrole nitrogens is 1. The number of hydrogen-bond donors (Lipinski definition) is 1. The number of nitrogens with zero attached hydrogens (tertiary/aromatic N) is 2. The molecule has 0 radical (unpaired) electrons. The van der Waals surface area contributed by atoms with Crippen LogP contribution >= 0.6 is 11.3 Å². The molecule has 1 aliphatic carbocycles. The molecule has 2 aromatic heterocycles. The molecule has 2 aliphatic rings. The van der Waals surface area contributed by atoms with Crippen molar-refractivity contribution in [3.05, 3.63) is 48.8 Å². The number of nitrogens with one attached hydrogen (secondary N) is 1. The molecule has 5 heteroatoms. The molecule has 1 saturated carbocycles. The van der Waals surface area contributed by atoms with Gasteiger partial charge in [0.15, 0.2) is 0 Å². The summed E-state index contributed by atoms with van der Waals surface area (Å²) in [4.78, 5) is 25.2. The average molecular weight is 315 g/mol. The van der Waals surface area contributed by atoms with E-state index in [2.05, 4.69) is 29.8 Å². The van der Waals surface area contributed by atoms with Crippen LogP contribution in [0, 0.1) is 13.8 Å². The molecular formula is C17H21N3OS. The molecule has 1 N–H and O–H groups in total. The normalized spacial score (nSPS) is 18.5. The van der Waals surface area contributed by atoms with Crippen molar-refractivity contribution in [1.82, 2.24) is 14.9 Å². The molecule has 2 aromatic rings. The summed E-state index contributed by atoms with van der Waals surface area (Å²) in [6, 6.07) is 2.27. The lowest BCUT2D eigenvalue weighted by molar-refractivity contribution is 0.243. The molecule has 0 unspecified atom stereocenters. The maximum Gasteiger partial charge on any atom is 0.255 e. The second-order valence-corrected chi connectivity index (χ2v) is 7.90. The summed E-state index contributed by atoms with van der Waals surface area (Å²) in [5.74, 6) is 1.43. The predicted molar refractivity (Wildman–Crippen MR) is 88.4 cm³/mol. The first-order chi connectivity index (χ1) is 10.6. The Morgan fingerprint density at radius 3 is 2.91 bits per heavy atom. The van der Waals surface area contributed by atoms with Crippen LogP contribution in [0.25, 0.3) is 0 Å². The molecule has 0 aromatic carbocycles. The van der Waals surface area contributed by atoms with Crippen LogP contribution in [-0.4, -0.2) is 21.4 Å². The molecule has 0 bridgehead atoms. The summed E-state index contributed by atoms with van der Waals surface area (Å²) in [6.45, 7) is 6.97. The van der Waals surface area contributed by atoms with Gasteiger partial charge in [-0.3, -0.25) is 9.69 Å². The van der Waals surface area contributed by atoms with Crippen LogP contribution in [0.15, 0.2) is 10.9 Å². The molecule has 0 amide bonds. The summed E-state index contributed by atoms with van der Waals surface area (Å²) >= 11 is 1.86. The van der Waals surface area contributed by atoms with Gasteiger partial charge in [0.25, 0.3) is 5.56 Å². The molecule has 4 rings (SSSR count). The lowest BCUT2D eigenvalue weighted by atomic mass is 10.1. The first kappa shape index (κ1) is 14.2. The minimum atomic E-state index is 0.0788. The van der Waals surface area contributed by atoms with E-state index in [1.165, 1.54) is 28.2 Å². The fraction of sp³-hybridized carbons (Fsp3) is 0.529. The number of fused-ring (bicyclic) bond motifs is 1. The Kier molecular flexibility index (Phi) is 3.42. The largest absolute Gasteiger partial charge is 0.310 e. The van der Waals surface area contributed by atoms with Gasteiger partial charge in [-0.05, 0) is 38.3 Å². The third-order valence-electron chi connectivity index (χ3n) is 4.73. The highest BCUT2D eigenvalue weighted by molar-refractivity contribution is 7.12. The standard InChI is InChI=1S/C17H21N3OS/c1-10-7-13(22-11(10)2)8-20-6-5-15-14(9-20)17(21)19-16(18-15)12-3-4-12/h7,12H,3-6,8-9H2,1-2H3,(H,18,19,21). The van der Waals surface area contributed by atoms with E-state index in [4.69, 9.17) is 4.98 Å². The van der Waals surface area contributed by atoms with Gasteiger partial charge in [-0.2, -0.15) is 0 Å². The topological polar surface area (TPSA) is 49.0 Å². The predicted octanol–water partition coefficient (Wildman–Crippen LogP) is 2.88. The summed E-state index contributed by atoms with van der Waals surface area (Å²) < 4.78 is 0. The lowest BCUT2D eigenvalue weighted by Gasteiger charge is -2.27. The van der Waals surface area contributed by atoms with E-state index in [0.29, 0.717) is 5.92 Å². The molecule has 1 aliphatic heterocycles. The second-order valence-electron chi connectivity index (χ2n) is 6.56. The molecule has 3 heterocycles.